The van der Waals surface area contributed by atoms with Crippen LogP contribution in [-0.4, -0.2) is 30.5 Å². The lowest BCUT2D eigenvalue weighted by molar-refractivity contribution is -0.116. The van der Waals surface area contributed by atoms with E-state index in [1.54, 1.807) is 12.4 Å². The molecule has 1 aliphatic heterocycles. The minimum Gasteiger partial charge on any atom is -0.311 e. The van der Waals surface area contributed by atoms with Gasteiger partial charge in [-0.05, 0) is 28.8 Å². The van der Waals surface area contributed by atoms with E-state index in [9.17, 15) is 4.79 Å². The summed E-state index contributed by atoms with van der Waals surface area (Å²) in [5, 5.41) is 11.9. The minimum atomic E-state index is -0.0341. The fourth-order valence-corrected chi connectivity index (χ4v) is 3.92. The Hall–Kier alpha value is -3.74. The van der Waals surface area contributed by atoms with E-state index in [0.29, 0.717) is 19.5 Å². The van der Waals surface area contributed by atoms with Gasteiger partial charge < -0.3 is 5.32 Å². The Morgan fingerprint density at radius 1 is 0.966 bits per heavy atom. The molecule has 3 aromatic heterocycles. The summed E-state index contributed by atoms with van der Waals surface area (Å²) in [7, 11) is 0. The molecule has 1 atom stereocenters. The van der Waals surface area contributed by atoms with Crippen LogP contribution in [0.3, 0.4) is 0 Å². The zero-order valence-corrected chi connectivity index (χ0v) is 15.8. The maximum atomic E-state index is 12.6. The third-order valence-electron chi connectivity index (χ3n) is 5.27. The van der Waals surface area contributed by atoms with Crippen molar-refractivity contribution < 1.29 is 4.79 Å². The molecule has 0 saturated carbocycles. The second-order valence-corrected chi connectivity index (χ2v) is 7.17. The van der Waals surface area contributed by atoms with E-state index in [1.807, 2.05) is 58.3 Å². The van der Waals surface area contributed by atoms with Gasteiger partial charge in [-0.3, -0.25) is 14.5 Å². The van der Waals surface area contributed by atoms with E-state index < -0.39 is 0 Å². The Morgan fingerprint density at radius 3 is 2.72 bits per heavy atom. The smallest absolute Gasteiger partial charge is 0.226 e. The number of aromatic nitrogens is 5. The van der Waals surface area contributed by atoms with Gasteiger partial charge in [0.15, 0.2) is 0 Å². The van der Waals surface area contributed by atoms with Crippen LogP contribution in [0.15, 0.2) is 73.4 Å². The van der Waals surface area contributed by atoms with Gasteiger partial charge in [0.1, 0.15) is 5.82 Å². The Kier molecular flexibility index (Phi) is 4.40. The summed E-state index contributed by atoms with van der Waals surface area (Å²) in [6.45, 7) is 1.23. The van der Waals surface area contributed by atoms with Crippen LogP contribution < -0.4 is 5.32 Å². The lowest BCUT2D eigenvalue weighted by Gasteiger charge is -2.25. The SMILES string of the molecule is O=C1CC(c2ccccc2Cn2cccn2)c2cnn(Cc3cccnc3)c2N1. The molecule has 144 valence electrons. The van der Waals surface area contributed by atoms with Gasteiger partial charge in [-0.25, -0.2) is 4.68 Å². The molecular weight excluding hydrogens is 364 g/mol. The van der Waals surface area contributed by atoms with Crippen molar-refractivity contribution in [1.82, 2.24) is 24.5 Å². The second kappa shape index (κ2) is 7.35. The summed E-state index contributed by atoms with van der Waals surface area (Å²) >= 11 is 0. The molecule has 29 heavy (non-hydrogen) atoms. The van der Waals surface area contributed by atoms with Gasteiger partial charge in [0.05, 0.1) is 19.3 Å². The van der Waals surface area contributed by atoms with Crippen LogP contribution in [0.2, 0.25) is 0 Å². The first-order valence-electron chi connectivity index (χ1n) is 9.57. The predicted molar refractivity (Wildman–Crippen MR) is 108 cm³/mol. The molecular formula is C22H20N6O. The van der Waals surface area contributed by atoms with Gasteiger partial charge in [-0.15, -0.1) is 0 Å². The topological polar surface area (TPSA) is 77.6 Å². The van der Waals surface area contributed by atoms with Crippen molar-refractivity contribution in [2.24, 2.45) is 0 Å². The molecule has 1 amide bonds. The number of hydrogen-bond donors (Lipinski definition) is 1. The Balaban J connectivity index is 1.52. The van der Waals surface area contributed by atoms with Gasteiger partial charge >= 0.3 is 0 Å². The number of nitrogens with one attached hydrogen (secondary N) is 1. The number of nitrogens with zero attached hydrogens (tertiary/aromatic N) is 5. The quantitative estimate of drug-likeness (QED) is 0.574. The van der Waals surface area contributed by atoms with Crippen LogP contribution in [0.5, 0.6) is 0 Å². The fraction of sp³-hybridized carbons (Fsp3) is 0.182. The number of benzene rings is 1. The average molecular weight is 384 g/mol. The summed E-state index contributed by atoms with van der Waals surface area (Å²) < 4.78 is 3.74. The number of anilines is 1. The highest BCUT2D eigenvalue weighted by Crippen LogP contribution is 2.38. The van der Waals surface area contributed by atoms with Gasteiger partial charge in [0, 0.05) is 42.7 Å². The third kappa shape index (κ3) is 3.42. The Labute approximate surface area is 168 Å². The first-order valence-corrected chi connectivity index (χ1v) is 9.57. The molecule has 0 fully saturated rings. The minimum absolute atomic E-state index is 0.00401. The molecule has 4 heterocycles. The molecule has 5 rings (SSSR count). The van der Waals surface area contributed by atoms with Crippen LogP contribution >= 0.6 is 0 Å². The van der Waals surface area contributed by atoms with Crippen LogP contribution in [0.1, 0.15) is 34.6 Å². The molecule has 0 aliphatic carbocycles. The molecule has 1 aromatic carbocycles. The maximum Gasteiger partial charge on any atom is 0.226 e. The molecule has 4 aromatic rings. The molecule has 1 N–H and O–H groups in total. The zero-order valence-electron chi connectivity index (χ0n) is 15.8. The first kappa shape index (κ1) is 17.4. The number of hydrogen-bond acceptors (Lipinski definition) is 4. The first-order chi connectivity index (χ1) is 14.3. The predicted octanol–water partition coefficient (Wildman–Crippen LogP) is 3.05. The van der Waals surface area contributed by atoms with Crippen molar-refractivity contribution in [3.8, 4) is 0 Å². The van der Waals surface area contributed by atoms with Crippen molar-refractivity contribution in [3.63, 3.8) is 0 Å². The normalized spacial score (nSPS) is 15.7. The Morgan fingerprint density at radius 2 is 1.90 bits per heavy atom. The van der Waals surface area contributed by atoms with Crippen molar-refractivity contribution in [1.29, 1.82) is 0 Å². The maximum absolute atomic E-state index is 12.6. The molecule has 0 spiro atoms. The molecule has 1 unspecified atom stereocenters. The highest BCUT2D eigenvalue weighted by atomic mass is 16.1. The fourth-order valence-electron chi connectivity index (χ4n) is 3.92. The summed E-state index contributed by atoms with van der Waals surface area (Å²) in [4.78, 5) is 16.7. The van der Waals surface area contributed by atoms with Crippen molar-refractivity contribution in [3.05, 3.63) is 95.7 Å². The van der Waals surface area contributed by atoms with Crippen molar-refractivity contribution in [2.45, 2.75) is 25.4 Å². The highest BCUT2D eigenvalue weighted by molar-refractivity contribution is 5.94. The molecule has 0 saturated heterocycles. The summed E-state index contributed by atoms with van der Waals surface area (Å²) in [5.74, 6) is 0.737. The van der Waals surface area contributed by atoms with Crippen molar-refractivity contribution >= 4 is 11.7 Å². The lowest BCUT2D eigenvalue weighted by atomic mass is 9.84. The van der Waals surface area contributed by atoms with Gasteiger partial charge in [-0.2, -0.15) is 10.2 Å². The van der Waals surface area contributed by atoms with Crippen LogP contribution in [-0.2, 0) is 17.9 Å². The van der Waals surface area contributed by atoms with E-state index in [0.717, 1.165) is 28.1 Å². The number of fused-ring (bicyclic) bond motifs is 1. The number of carbonyl (C=O) groups excluding carboxylic acids is 1. The van der Waals surface area contributed by atoms with Gasteiger partial charge in [0.2, 0.25) is 5.91 Å². The largest absolute Gasteiger partial charge is 0.311 e. The number of rotatable bonds is 5. The summed E-state index contributed by atoms with van der Waals surface area (Å²) in [6.07, 6.45) is 9.56. The average Bonchev–Trinajstić information content (AvgIpc) is 3.39. The molecule has 1 aliphatic rings. The summed E-state index contributed by atoms with van der Waals surface area (Å²) in [6, 6.07) is 14.1. The third-order valence-corrected chi connectivity index (χ3v) is 5.27. The number of carbonyl (C=O) groups is 1. The highest BCUT2D eigenvalue weighted by Gasteiger charge is 2.31. The molecule has 7 heteroatoms. The van der Waals surface area contributed by atoms with Gasteiger partial charge in [0.25, 0.3) is 0 Å². The lowest BCUT2D eigenvalue weighted by Crippen LogP contribution is -2.25. The molecule has 0 radical (unpaired) electrons. The van der Waals surface area contributed by atoms with Crippen LogP contribution in [0, 0.1) is 0 Å². The van der Waals surface area contributed by atoms with Gasteiger partial charge in [-0.1, -0.05) is 30.3 Å². The monoisotopic (exact) mass is 384 g/mol. The summed E-state index contributed by atoms with van der Waals surface area (Å²) in [5.41, 5.74) is 4.37. The zero-order chi connectivity index (χ0) is 19.6. The van der Waals surface area contributed by atoms with Crippen LogP contribution in [0.25, 0.3) is 0 Å². The van der Waals surface area contributed by atoms with E-state index in [-0.39, 0.29) is 11.8 Å². The van der Waals surface area contributed by atoms with Crippen LogP contribution in [0.4, 0.5) is 5.82 Å². The molecule has 0 bridgehead atoms. The Bertz CT molecular complexity index is 1130. The van der Waals surface area contributed by atoms with E-state index in [1.165, 1.54) is 0 Å². The standard InChI is InChI=1S/C22H20N6O/c29-21-11-19(18-7-2-1-6-17(18)15-27-10-4-9-24-27)20-13-25-28(22(20)26-21)14-16-5-3-8-23-12-16/h1-10,12-13,19H,11,14-15H2,(H,26,29). The van der Waals surface area contributed by atoms with E-state index in [4.69, 9.17) is 0 Å². The van der Waals surface area contributed by atoms with E-state index in [2.05, 4.69) is 32.6 Å². The second-order valence-electron chi connectivity index (χ2n) is 7.17. The molecule has 7 nitrogen and oxygen atoms in total. The van der Waals surface area contributed by atoms with Crippen molar-refractivity contribution in [2.75, 3.05) is 5.32 Å². The number of amides is 1. The number of pyridine rings is 1. The van der Waals surface area contributed by atoms with E-state index >= 15 is 0 Å².